The molecule has 1 heterocycles. The highest BCUT2D eigenvalue weighted by atomic mass is 79.9. The number of aryl methyl sites for hydroxylation is 1. The monoisotopic (exact) mass is 563 g/mol. The van der Waals surface area contributed by atoms with Gasteiger partial charge in [0.15, 0.2) is 11.5 Å². The summed E-state index contributed by atoms with van der Waals surface area (Å²) >= 11 is 9.49. The van der Waals surface area contributed by atoms with Crippen LogP contribution in [0.15, 0.2) is 75.1 Å². The first-order valence-corrected chi connectivity index (χ1v) is 12.6. The zero-order chi connectivity index (χ0) is 24.3. The lowest BCUT2D eigenvalue weighted by Crippen LogP contribution is -2.39. The average Bonchev–Trinajstić information content (AvgIpc) is 3.25. The Morgan fingerprint density at radius 2 is 1.85 bits per heavy atom. The second-order valence-electron chi connectivity index (χ2n) is 7.32. The van der Waals surface area contributed by atoms with Crippen molar-refractivity contribution < 1.29 is 22.7 Å². The van der Waals surface area contributed by atoms with Crippen LogP contribution in [0.4, 0.5) is 5.69 Å². The number of anilines is 1. The maximum atomic E-state index is 13.4. The van der Waals surface area contributed by atoms with Gasteiger partial charge in [-0.1, -0.05) is 35.4 Å². The summed E-state index contributed by atoms with van der Waals surface area (Å²) in [6.45, 7) is 1.49. The first-order valence-electron chi connectivity index (χ1n) is 10.00. The van der Waals surface area contributed by atoms with Crippen LogP contribution < -0.4 is 19.2 Å². The van der Waals surface area contributed by atoms with Crippen molar-refractivity contribution in [2.24, 2.45) is 5.10 Å². The number of rotatable bonds is 7. The molecule has 0 spiro atoms. The Morgan fingerprint density at radius 1 is 1.15 bits per heavy atom. The quantitative estimate of drug-likeness (QED) is 0.337. The minimum Gasteiger partial charge on any atom is -0.454 e. The van der Waals surface area contributed by atoms with Crippen LogP contribution in [0.3, 0.4) is 0 Å². The minimum atomic E-state index is -4.05. The third-order valence-corrected chi connectivity index (χ3v) is 7.59. The highest BCUT2D eigenvalue weighted by Crippen LogP contribution is 2.36. The number of fused-ring (bicyclic) bond motifs is 1. The van der Waals surface area contributed by atoms with Gasteiger partial charge in [-0.25, -0.2) is 13.8 Å². The van der Waals surface area contributed by atoms with Crippen molar-refractivity contribution in [3.63, 3.8) is 0 Å². The highest BCUT2D eigenvalue weighted by Gasteiger charge is 2.27. The summed E-state index contributed by atoms with van der Waals surface area (Å²) in [6.07, 6.45) is 1.42. The van der Waals surface area contributed by atoms with Crippen molar-refractivity contribution in [3.05, 3.63) is 81.3 Å². The summed E-state index contributed by atoms with van der Waals surface area (Å²) in [7, 11) is -4.05. The fourth-order valence-electron chi connectivity index (χ4n) is 3.16. The van der Waals surface area contributed by atoms with E-state index in [-0.39, 0.29) is 17.4 Å². The van der Waals surface area contributed by atoms with Gasteiger partial charge in [0.25, 0.3) is 15.9 Å². The third kappa shape index (κ3) is 5.35. The Bertz CT molecular complexity index is 1360. The number of halogens is 2. The number of carbonyl (C=O) groups is 1. The number of carbonyl (C=O) groups excluding carboxylic acids is 1. The van der Waals surface area contributed by atoms with Crippen molar-refractivity contribution in [3.8, 4) is 11.5 Å². The molecule has 8 nitrogen and oxygen atoms in total. The van der Waals surface area contributed by atoms with Crippen LogP contribution in [0.5, 0.6) is 11.5 Å². The fraction of sp³-hybridized carbons (Fsp3) is 0.130. The van der Waals surface area contributed by atoms with Crippen LogP contribution in [-0.2, 0) is 14.8 Å². The molecule has 0 saturated heterocycles. The first-order chi connectivity index (χ1) is 16.2. The van der Waals surface area contributed by atoms with Gasteiger partial charge in [0.05, 0.1) is 16.8 Å². The van der Waals surface area contributed by atoms with E-state index < -0.39 is 22.5 Å². The molecular weight excluding hydrogens is 546 g/mol. The number of hydrogen-bond acceptors (Lipinski definition) is 6. The Hall–Kier alpha value is -3.08. The largest absolute Gasteiger partial charge is 0.454 e. The maximum absolute atomic E-state index is 13.4. The van der Waals surface area contributed by atoms with E-state index in [4.69, 9.17) is 21.1 Å². The van der Waals surface area contributed by atoms with Crippen LogP contribution >= 0.6 is 27.5 Å². The number of amides is 1. The lowest BCUT2D eigenvalue weighted by molar-refractivity contribution is -0.119. The van der Waals surface area contributed by atoms with E-state index >= 15 is 0 Å². The Balaban J connectivity index is 1.55. The molecule has 3 aromatic carbocycles. The van der Waals surface area contributed by atoms with Crippen LogP contribution in [0.25, 0.3) is 0 Å². The Kier molecular flexibility index (Phi) is 7.11. The van der Waals surface area contributed by atoms with Crippen molar-refractivity contribution in [2.75, 3.05) is 17.6 Å². The van der Waals surface area contributed by atoms with E-state index in [1.54, 1.807) is 42.5 Å². The number of benzene rings is 3. The molecule has 1 amide bonds. The Labute approximate surface area is 210 Å². The van der Waals surface area contributed by atoms with E-state index in [0.717, 1.165) is 9.87 Å². The van der Waals surface area contributed by atoms with Gasteiger partial charge in [-0.05, 0) is 65.3 Å². The third-order valence-electron chi connectivity index (χ3n) is 4.88. The maximum Gasteiger partial charge on any atom is 0.264 e. The Morgan fingerprint density at radius 3 is 2.56 bits per heavy atom. The lowest BCUT2D eigenvalue weighted by atomic mass is 10.2. The van der Waals surface area contributed by atoms with Gasteiger partial charge in [0, 0.05) is 15.1 Å². The number of hydrazone groups is 1. The SMILES string of the molecule is Cc1ccc(S(=O)(=O)N(CC(=O)N/N=C\c2cc3c(cc2Br)OCO3)c2cccc(Cl)c2)cc1. The van der Waals surface area contributed by atoms with E-state index in [1.807, 2.05) is 6.92 Å². The fourth-order valence-corrected chi connectivity index (χ4v) is 5.18. The number of ether oxygens (including phenoxy) is 2. The molecule has 3 aromatic rings. The number of nitrogens with one attached hydrogen (secondary N) is 1. The predicted molar refractivity (Wildman–Crippen MR) is 133 cm³/mol. The molecule has 0 aliphatic carbocycles. The van der Waals surface area contributed by atoms with Crippen LogP contribution in [0, 0.1) is 6.92 Å². The molecule has 0 atom stereocenters. The second-order valence-corrected chi connectivity index (χ2v) is 10.5. The smallest absolute Gasteiger partial charge is 0.264 e. The molecule has 11 heteroatoms. The van der Waals surface area contributed by atoms with Crippen LogP contribution in [-0.4, -0.2) is 33.9 Å². The van der Waals surface area contributed by atoms with Gasteiger partial charge in [-0.3, -0.25) is 9.10 Å². The topological polar surface area (TPSA) is 97.3 Å². The van der Waals surface area contributed by atoms with E-state index in [9.17, 15) is 13.2 Å². The molecule has 0 aromatic heterocycles. The average molecular weight is 565 g/mol. The number of sulfonamides is 1. The summed E-state index contributed by atoms with van der Waals surface area (Å²) in [4.78, 5) is 12.7. The zero-order valence-corrected chi connectivity index (χ0v) is 21.0. The number of hydrogen-bond donors (Lipinski definition) is 1. The summed E-state index contributed by atoms with van der Waals surface area (Å²) in [5.41, 5.74) is 4.18. The molecule has 1 aliphatic rings. The summed E-state index contributed by atoms with van der Waals surface area (Å²) < 4.78 is 39.1. The highest BCUT2D eigenvalue weighted by molar-refractivity contribution is 9.10. The van der Waals surface area contributed by atoms with E-state index in [0.29, 0.717) is 26.6 Å². The molecule has 1 N–H and O–H groups in total. The summed E-state index contributed by atoms with van der Waals surface area (Å²) in [6, 6.07) is 16.1. The van der Waals surface area contributed by atoms with Crippen molar-refractivity contribution >= 4 is 55.4 Å². The standard InChI is InChI=1S/C23H19BrClN3O5S/c1-15-5-7-19(8-6-15)34(30,31)28(18-4-2-3-17(25)10-18)13-23(29)27-26-12-16-9-21-22(11-20(16)24)33-14-32-21/h2-12H,13-14H2,1H3,(H,27,29)/b26-12-. The lowest BCUT2D eigenvalue weighted by Gasteiger charge is -2.24. The summed E-state index contributed by atoms with van der Waals surface area (Å²) in [5.74, 6) is 0.530. The normalized spacial score (nSPS) is 12.7. The molecule has 0 saturated carbocycles. The molecule has 176 valence electrons. The van der Waals surface area contributed by atoms with Gasteiger partial charge in [0.1, 0.15) is 6.54 Å². The van der Waals surface area contributed by atoms with E-state index in [2.05, 4.69) is 26.5 Å². The summed E-state index contributed by atoms with van der Waals surface area (Å²) in [5, 5.41) is 4.30. The van der Waals surface area contributed by atoms with Gasteiger partial charge >= 0.3 is 0 Å². The van der Waals surface area contributed by atoms with Gasteiger partial charge in [-0.15, -0.1) is 0 Å². The minimum absolute atomic E-state index is 0.0543. The second kappa shape index (κ2) is 10.0. The van der Waals surface area contributed by atoms with Crippen LogP contribution in [0.2, 0.25) is 5.02 Å². The van der Waals surface area contributed by atoms with Gasteiger partial charge < -0.3 is 9.47 Å². The van der Waals surface area contributed by atoms with Crippen molar-refractivity contribution in [1.29, 1.82) is 0 Å². The first kappa shape index (κ1) is 24.1. The van der Waals surface area contributed by atoms with Crippen LogP contribution in [0.1, 0.15) is 11.1 Å². The van der Waals surface area contributed by atoms with Gasteiger partial charge in [0.2, 0.25) is 6.79 Å². The van der Waals surface area contributed by atoms with E-state index in [1.165, 1.54) is 24.4 Å². The van der Waals surface area contributed by atoms with Crippen molar-refractivity contribution in [2.45, 2.75) is 11.8 Å². The zero-order valence-electron chi connectivity index (χ0n) is 17.9. The molecule has 4 rings (SSSR count). The molecule has 0 bridgehead atoms. The molecule has 0 fully saturated rings. The molecule has 34 heavy (non-hydrogen) atoms. The van der Waals surface area contributed by atoms with Gasteiger partial charge in [-0.2, -0.15) is 5.10 Å². The molecule has 0 radical (unpaired) electrons. The number of nitrogens with zero attached hydrogens (tertiary/aromatic N) is 2. The van der Waals surface area contributed by atoms with Crippen molar-refractivity contribution in [1.82, 2.24) is 5.43 Å². The predicted octanol–water partition coefficient (Wildman–Crippen LogP) is 4.49. The molecular formula is C23H19BrClN3O5S. The molecule has 0 unspecified atom stereocenters. The molecule has 1 aliphatic heterocycles.